The lowest BCUT2D eigenvalue weighted by molar-refractivity contribution is -0.114. The summed E-state index contributed by atoms with van der Waals surface area (Å²) in [5.74, 6) is -0.309. The summed E-state index contributed by atoms with van der Waals surface area (Å²) in [6.45, 7) is 1.33. The molecule has 1 aliphatic rings. The summed E-state index contributed by atoms with van der Waals surface area (Å²) in [6.07, 6.45) is 3.90. The van der Waals surface area contributed by atoms with Crippen molar-refractivity contribution >= 4 is 48.3 Å². The molecule has 0 bridgehead atoms. The smallest absolute Gasteiger partial charge is 0.272 e. The van der Waals surface area contributed by atoms with Crippen LogP contribution >= 0.6 is 27.3 Å². The van der Waals surface area contributed by atoms with E-state index >= 15 is 0 Å². The van der Waals surface area contributed by atoms with Crippen molar-refractivity contribution in [2.45, 2.75) is 47.8 Å². The molecule has 1 heterocycles. The van der Waals surface area contributed by atoms with E-state index in [1.165, 1.54) is 11.2 Å². The van der Waals surface area contributed by atoms with Gasteiger partial charge in [0.25, 0.3) is 10.0 Å². The molecule has 1 aromatic rings. The lowest BCUT2D eigenvalue weighted by Gasteiger charge is -2.33. The number of hydrogen-bond acceptors (Lipinski definition) is 6. The molecule has 2 atom stereocenters. The second-order valence-electron chi connectivity index (χ2n) is 4.94. The molecule has 118 valence electrons. The molecule has 0 spiro atoms. The first-order valence-corrected chi connectivity index (χ1v) is 9.73. The van der Waals surface area contributed by atoms with Gasteiger partial charge in [0.2, 0.25) is 15.4 Å². The summed E-state index contributed by atoms with van der Waals surface area (Å²) >= 11 is 4.43. The molecule has 1 saturated carbocycles. The van der Waals surface area contributed by atoms with Crippen LogP contribution in [0.1, 0.15) is 32.6 Å². The Bertz CT molecular complexity index is 619. The van der Waals surface area contributed by atoms with E-state index in [2.05, 4.69) is 31.4 Å². The minimum Gasteiger partial charge on any atom is -0.301 e. The van der Waals surface area contributed by atoms with Crippen molar-refractivity contribution in [3.05, 3.63) is 0 Å². The van der Waals surface area contributed by atoms with E-state index in [4.69, 9.17) is 0 Å². The minimum absolute atomic E-state index is 0.0862. The number of nitrogens with zero attached hydrogens (tertiary/aromatic N) is 3. The van der Waals surface area contributed by atoms with Crippen LogP contribution in [0.15, 0.2) is 4.34 Å². The fraction of sp³-hybridized carbons (Fsp3) is 0.727. The maximum Gasteiger partial charge on any atom is 0.272 e. The van der Waals surface area contributed by atoms with Crippen LogP contribution < -0.4 is 5.32 Å². The topological polar surface area (TPSA) is 92.3 Å². The molecule has 10 heteroatoms. The summed E-state index contributed by atoms with van der Waals surface area (Å²) in [6, 6.07) is -0.0862. The van der Waals surface area contributed by atoms with Crippen LogP contribution in [0.3, 0.4) is 0 Å². The van der Waals surface area contributed by atoms with E-state index in [1.807, 2.05) is 0 Å². The Labute approximate surface area is 136 Å². The number of rotatable bonds is 4. The fourth-order valence-electron chi connectivity index (χ4n) is 2.29. The number of sulfonamides is 1. The van der Waals surface area contributed by atoms with Gasteiger partial charge in [0.05, 0.1) is 0 Å². The van der Waals surface area contributed by atoms with Crippen molar-refractivity contribution in [2.24, 2.45) is 0 Å². The van der Waals surface area contributed by atoms with Gasteiger partial charge < -0.3 is 5.32 Å². The maximum atomic E-state index is 12.6. The van der Waals surface area contributed by atoms with Gasteiger partial charge in [0.15, 0.2) is 0 Å². The van der Waals surface area contributed by atoms with Gasteiger partial charge in [0.1, 0.15) is 0 Å². The van der Waals surface area contributed by atoms with Crippen LogP contribution in [0.5, 0.6) is 0 Å². The first-order valence-electron chi connectivity index (χ1n) is 6.55. The number of aromatic nitrogens is 2. The average molecular weight is 397 g/mol. The summed E-state index contributed by atoms with van der Waals surface area (Å²) in [4.78, 5) is 11.1. The summed E-state index contributed by atoms with van der Waals surface area (Å²) in [7, 11) is -2.12. The molecule has 2 rings (SSSR count). The Kier molecular flexibility index (Phi) is 5.33. The van der Waals surface area contributed by atoms with Crippen molar-refractivity contribution in [2.75, 3.05) is 12.4 Å². The summed E-state index contributed by atoms with van der Waals surface area (Å²) in [5.41, 5.74) is 0. The highest BCUT2D eigenvalue weighted by Crippen LogP contribution is 2.32. The zero-order chi connectivity index (χ0) is 15.6. The lowest BCUT2D eigenvalue weighted by atomic mass is 9.96. The molecule has 0 aliphatic heterocycles. The van der Waals surface area contributed by atoms with E-state index in [9.17, 15) is 13.2 Å². The van der Waals surface area contributed by atoms with E-state index in [-0.39, 0.29) is 26.2 Å². The molecule has 1 aliphatic carbocycles. The van der Waals surface area contributed by atoms with Gasteiger partial charge in [0, 0.05) is 24.8 Å². The van der Waals surface area contributed by atoms with Crippen LogP contribution in [-0.4, -0.2) is 46.7 Å². The predicted molar refractivity (Wildman–Crippen MR) is 84.1 cm³/mol. The van der Waals surface area contributed by atoms with Gasteiger partial charge in [-0.3, -0.25) is 4.79 Å². The minimum atomic E-state index is -3.69. The molecule has 0 aromatic carbocycles. The van der Waals surface area contributed by atoms with Crippen molar-refractivity contribution in [1.29, 1.82) is 0 Å². The third-order valence-corrected chi connectivity index (χ3v) is 7.54. The molecular formula is C11H17BrN4O3S2. The molecule has 0 radical (unpaired) electrons. The average Bonchev–Trinajstić information content (AvgIpc) is 2.87. The largest absolute Gasteiger partial charge is 0.301 e. The van der Waals surface area contributed by atoms with Gasteiger partial charge in [-0.2, -0.15) is 4.31 Å². The number of halogens is 1. The monoisotopic (exact) mass is 396 g/mol. The maximum absolute atomic E-state index is 12.6. The molecule has 1 amide bonds. The lowest BCUT2D eigenvalue weighted by Crippen LogP contribution is -2.43. The first-order chi connectivity index (χ1) is 9.82. The standard InChI is InChI=1S/C11H17BrN4O3S2/c1-7(17)13-10-14-15-11(20-10)21(18,19)16(2)9-6-4-3-5-8(9)12/h8-9H,3-6H2,1-2H3,(H,13,14,17). The van der Waals surface area contributed by atoms with Crippen LogP contribution in [-0.2, 0) is 14.8 Å². The van der Waals surface area contributed by atoms with E-state index in [1.54, 1.807) is 7.05 Å². The van der Waals surface area contributed by atoms with Gasteiger partial charge in [-0.1, -0.05) is 40.1 Å². The van der Waals surface area contributed by atoms with Crippen LogP contribution in [0, 0.1) is 0 Å². The van der Waals surface area contributed by atoms with Crippen molar-refractivity contribution in [3.63, 3.8) is 0 Å². The van der Waals surface area contributed by atoms with E-state index in [0.29, 0.717) is 0 Å². The van der Waals surface area contributed by atoms with Crippen LogP contribution in [0.4, 0.5) is 5.13 Å². The molecule has 2 unspecified atom stereocenters. The zero-order valence-electron chi connectivity index (χ0n) is 11.7. The number of hydrogen-bond donors (Lipinski definition) is 1. The molecular weight excluding hydrogens is 380 g/mol. The third-order valence-electron chi connectivity index (χ3n) is 3.40. The van der Waals surface area contributed by atoms with Crippen LogP contribution in [0.25, 0.3) is 0 Å². The van der Waals surface area contributed by atoms with Crippen molar-refractivity contribution in [3.8, 4) is 0 Å². The van der Waals surface area contributed by atoms with Crippen molar-refractivity contribution in [1.82, 2.24) is 14.5 Å². The number of amides is 1. The molecule has 21 heavy (non-hydrogen) atoms. The Morgan fingerprint density at radius 1 is 1.38 bits per heavy atom. The molecule has 7 nitrogen and oxygen atoms in total. The van der Waals surface area contributed by atoms with Crippen LogP contribution in [0.2, 0.25) is 0 Å². The highest BCUT2D eigenvalue weighted by molar-refractivity contribution is 9.09. The second-order valence-corrected chi connectivity index (χ2v) is 9.27. The van der Waals surface area contributed by atoms with Crippen molar-refractivity contribution < 1.29 is 13.2 Å². The number of carbonyl (C=O) groups excluding carboxylic acids is 1. The fourth-order valence-corrected chi connectivity index (χ4v) is 5.92. The first kappa shape index (κ1) is 16.8. The SMILES string of the molecule is CC(=O)Nc1nnc(S(=O)(=O)N(C)C2CCCCC2Br)s1. The number of nitrogens with one attached hydrogen (secondary N) is 1. The summed E-state index contributed by atoms with van der Waals surface area (Å²) in [5, 5.41) is 10.0. The number of alkyl halides is 1. The molecule has 1 aromatic heterocycles. The van der Waals surface area contributed by atoms with Gasteiger partial charge in [-0.05, 0) is 12.8 Å². The Morgan fingerprint density at radius 2 is 2.05 bits per heavy atom. The zero-order valence-corrected chi connectivity index (χ0v) is 15.0. The highest BCUT2D eigenvalue weighted by atomic mass is 79.9. The van der Waals surface area contributed by atoms with Gasteiger partial charge >= 0.3 is 0 Å². The normalized spacial score (nSPS) is 23.2. The van der Waals surface area contributed by atoms with E-state index in [0.717, 1.165) is 37.0 Å². The number of carbonyl (C=O) groups is 1. The highest BCUT2D eigenvalue weighted by Gasteiger charge is 2.35. The Morgan fingerprint density at radius 3 is 2.67 bits per heavy atom. The Balaban J connectivity index is 2.20. The molecule has 1 fully saturated rings. The number of anilines is 1. The quantitative estimate of drug-likeness (QED) is 0.618. The second kappa shape index (κ2) is 6.67. The van der Waals surface area contributed by atoms with Gasteiger partial charge in [-0.25, -0.2) is 8.42 Å². The van der Waals surface area contributed by atoms with E-state index < -0.39 is 10.0 Å². The third kappa shape index (κ3) is 3.79. The summed E-state index contributed by atoms with van der Waals surface area (Å²) < 4.78 is 26.4. The molecule has 1 N–H and O–H groups in total. The molecule has 0 saturated heterocycles. The predicted octanol–water partition coefficient (Wildman–Crippen LogP) is 1.82. The van der Waals surface area contributed by atoms with Gasteiger partial charge in [-0.15, -0.1) is 10.2 Å². The Hall–Kier alpha value is -0.580.